The fraction of sp³-hybridized carbons (Fsp3) is 0.357. The number of hydrogen-bond acceptors (Lipinski definition) is 5. The van der Waals surface area contributed by atoms with Crippen LogP contribution in [0.4, 0.5) is 0 Å². The van der Waals surface area contributed by atoms with Crippen molar-refractivity contribution in [2.45, 2.75) is 26.5 Å². The number of aromatic nitrogens is 2. The third-order valence-corrected chi connectivity index (χ3v) is 3.11. The molecule has 0 saturated heterocycles. The van der Waals surface area contributed by atoms with Gasteiger partial charge in [-0.2, -0.15) is 4.98 Å². The molecule has 1 aromatic carbocycles. The number of benzene rings is 1. The third-order valence-electron chi connectivity index (χ3n) is 2.74. The van der Waals surface area contributed by atoms with E-state index in [-0.39, 0.29) is 25.2 Å². The quantitative estimate of drug-likeness (QED) is 0.886. The van der Waals surface area contributed by atoms with Crippen LogP contribution in [0.5, 0.6) is 0 Å². The summed E-state index contributed by atoms with van der Waals surface area (Å²) >= 11 is 6.00. The van der Waals surface area contributed by atoms with Gasteiger partial charge in [-0.15, -0.1) is 0 Å². The molecule has 0 saturated carbocycles. The van der Waals surface area contributed by atoms with Crippen LogP contribution in [0, 0.1) is 6.92 Å². The van der Waals surface area contributed by atoms with Crippen molar-refractivity contribution in [1.82, 2.24) is 15.5 Å². The second kappa shape index (κ2) is 7.19. The summed E-state index contributed by atoms with van der Waals surface area (Å²) in [6, 6.07) is 6.98. The molecule has 1 aromatic heterocycles. The molecule has 112 valence electrons. The van der Waals surface area contributed by atoms with E-state index < -0.39 is 0 Å². The van der Waals surface area contributed by atoms with Crippen molar-refractivity contribution in [1.29, 1.82) is 0 Å². The highest BCUT2D eigenvalue weighted by Crippen LogP contribution is 2.15. The van der Waals surface area contributed by atoms with Crippen molar-refractivity contribution in [2.75, 3.05) is 6.61 Å². The van der Waals surface area contributed by atoms with Crippen LogP contribution in [0.25, 0.3) is 0 Å². The summed E-state index contributed by atoms with van der Waals surface area (Å²) in [6.07, 6.45) is 0. The minimum atomic E-state index is -0.359. The molecule has 0 aliphatic carbocycles. The topological polar surface area (TPSA) is 77.2 Å². The van der Waals surface area contributed by atoms with Gasteiger partial charge in [0.1, 0.15) is 12.6 Å². The first-order chi connectivity index (χ1) is 10.1. The number of carbonyl (C=O) groups is 1. The number of rotatable bonds is 6. The van der Waals surface area contributed by atoms with Crippen LogP contribution in [0.15, 0.2) is 28.8 Å². The average molecular weight is 310 g/mol. The van der Waals surface area contributed by atoms with Crippen LogP contribution in [0.3, 0.4) is 0 Å². The Morgan fingerprint density at radius 1 is 1.48 bits per heavy atom. The predicted octanol–water partition coefficient (Wildman–Crippen LogP) is 2.43. The van der Waals surface area contributed by atoms with Crippen LogP contribution in [0.1, 0.15) is 30.2 Å². The average Bonchev–Trinajstić information content (AvgIpc) is 2.88. The zero-order valence-electron chi connectivity index (χ0n) is 11.8. The molecule has 0 bridgehead atoms. The van der Waals surface area contributed by atoms with Crippen LogP contribution < -0.4 is 5.32 Å². The van der Waals surface area contributed by atoms with Gasteiger partial charge in [-0.1, -0.05) is 35.0 Å². The Balaban J connectivity index is 1.76. The molecule has 21 heavy (non-hydrogen) atoms. The normalized spacial score (nSPS) is 12.1. The fourth-order valence-corrected chi connectivity index (χ4v) is 1.89. The van der Waals surface area contributed by atoms with E-state index in [0.29, 0.717) is 16.7 Å². The third kappa shape index (κ3) is 4.54. The number of amides is 1. The summed E-state index contributed by atoms with van der Waals surface area (Å²) in [6.45, 7) is 3.69. The monoisotopic (exact) mass is 309 g/mol. The number of nitrogens with one attached hydrogen (secondary N) is 1. The minimum absolute atomic E-state index is 0.0668. The van der Waals surface area contributed by atoms with E-state index >= 15 is 0 Å². The molecule has 0 aliphatic rings. The van der Waals surface area contributed by atoms with Gasteiger partial charge in [0.05, 0.1) is 6.61 Å². The van der Waals surface area contributed by atoms with Crippen molar-refractivity contribution in [2.24, 2.45) is 0 Å². The number of aryl methyl sites for hydroxylation is 1. The summed E-state index contributed by atoms with van der Waals surface area (Å²) in [7, 11) is 0. The highest BCUT2D eigenvalue weighted by Gasteiger charge is 2.15. The van der Waals surface area contributed by atoms with E-state index in [1.165, 1.54) is 0 Å². The highest BCUT2D eigenvalue weighted by molar-refractivity contribution is 6.31. The summed E-state index contributed by atoms with van der Waals surface area (Å²) in [4.78, 5) is 15.8. The molecule has 0 fully saturated rings. The van der Waals surface area contributed by atoms with Crippen molar-refractivity contribution >= 4 is 17.5 Å². The van der Waals surface area contributed by atoms with Gasteiger partial charge in [0.2, 0.25) is 11.8 Å². The van der Waals surface area contributed by atoms with Gasteiger partial charge in [-0.25, -0.2) is 0 Å². The van der Waals surface area contributed by atoms with Gasteiger partial charge in [0.15, 0.2) is 5.82 Å². The second-order valence-electron chi connectivity index (χ2n) is 4.55. The lowest BCUT2D eigenvalue weighted by Gasteiger charge is -2.10. The maximum absolute atomic E-state index is 11.7. The van der Waals surface area contributed by atoms with Crippen LogP contribution >= 0.6 is 11.6 Å². The van der Waals surface area contributed by atoms with E-state index in [2.05, 4.69) is 15.5 Å². The zero-order valence-corrected chi connectivity index (χ0v) is 12.6. The SMILES string of the molecule is Cc1noc(C(C)NC(=O)COCc2ccccc2Cl)n1. The van der Waals surface area contributed by atoms with E-state index in [1.807, 2.05) is 18.2 Å². The Hall–Kier alpha value is -1.92. The molecule has 0 aliphatic heterocycles. The highest BCUT2D eigenvalue weighted by atomic mass is 35.5. The van der Waals surface area contributed by atoms with Crippen molar-refractivity contribution in [3.63, 3.8) is 0 Å². The molecule has 1 heterocycles. The van der Waals surface area contributed by atoms with Crippen LogP contribution in [0.2, 0.25) is 5.02 Å². The molecule has 7 heteroatoms. The lowest BCUT2D eigenvalue weighted by Crippen LogP contribution is -2.30. The van der Waals surface area contributed by atoms with E-state index in [0.717, 1.165) is 5.56 Å². The van der Waals surface area contributed by atoms with Crippen LogP contribution in [-0.2, 0) is 16.1 Å². The summed E-state index contributed by atoms with van der Waals surface area (Å²) in [5, 5.41) is 7.01. The smallest absolute Gasteiger partial charge is 0.248 e. The molecule has 6 nitrogen and oxygen atoms in total. The largest absolute Gasteiger partial charge is 0.367 e. The molecule has 2 rings (SSSR count). The maximum Gasteiger partial charge on any atom is 0.248 e. The molecule has 1 N–H and O–H groups in total. The number of carbonyl (C=O) groups excluding carboxylic acids is 1. The summed E-state index contributed by atoms with van der Waals surface area (Å²) < 4.78 is 10.3. The number of ether oxygens (including phenoxy) is 1. The number of hydrogen-bond donors (Lipinski definition) is 1. The van der Waals surface area contributed by atoms with Gasteiger partial charge >= 0.3 is 0 Å². The molecule has 0 spiro atoms. The first-order valence-electron chi connectivity index (χ1n) is 6.47. The Bertz CT molecular complexity index is 615. The Morgan fingerprint density at radius 2 is 2.24 bits per heavy atom. The predicted molar refractivity (Wildman–Crippen MR) is 76.7 cm³/mol. The van der Waals surface area contributed by atoms with Gasteiger partial charge in [-0.3, -0.25) is 4.79 Å². The molecule has 1 amide bonds. The van der Waals surface area contributed by atoms with E-state index in [9.17, 15) is 4.79 Å². The Labute approximate surface area is 127 Å². The van der Waals surface area contributed by atoms with Crippen molar-refractivity contribution < 1.29 is 14.1 Å². The number of halogens is 1. The van der Waals surface area contributed by atoms with E-state index in [4.69, 9.17) is 20.9 Å². The lowest BCUT2D eigenvalue weighted by molar-refractivity contribution is -0.126. The summed E-state index contributed by atoms with van der Waals surface area (Å²) in [5.41, 5.74) is 0.840. The molecule has 1 unspecified atom stereocenters. The van der Waals surface area contributed by atoms with Gasteiger partial charge in [-0.05, 0) is 25.5 Å². The standard InChI is InChI=1S/C14H16ClN3O3/c1-9(14-17-10(2)18-21-14)16-13(19)8-20-7-11-5-3-4-6-12(11)15/h3-6,9H,7-8H2,1-2H3,(H,16,19). The van der Waals surface area contributed by atoms with Gasteiger partial charge in [0, 0.05) is 5.02 Å². The minimum Gasteiger partial charge on any atom is -0.367 e. The maximum atomic E-state index is 11.7. The molecule has 0 radical (unpaired) electrons. The first kappa shape index (κ1) is 15.5. The molecule has 1 atom stereocenters. The van der Waals surface area contributed by atoms with Crippen LogP contribution in [-0.4, -0.2) is 22.7 Å². The van der Waals surface area contributed by atoms with Gasteiger partial charge in [0.25, 0.3) is 0 Å². The lowest BCUT2D eigenvalue weighted by atomic mass is 10.2. The zero-order chi connectivity index (χ0) is 15.2. The summed E-state index contributed by atoms with van der Waals surface area (Å²) in [5.74, 6) is 0.637. The van der Waals surface area contributed by atoms with Crippen molar-refractivity contribution in [3.05, 3.63) is 46.6 Å². The van der Waals surface area contributed by atoms with Crippen molar-refractivity contribution in [3.8, 4) is 0 Å². The Morgan fingerprint density at radius 3 is 2.90 bits per heavy atom. The second-order valence-corrected chi connectivity index (χ2v) is 4.96. The first-order valence-corrected chi connectivity index (χ1v) is 6.85. The van der Waals surface area contributed by atoms with Gasteiger partial charge < -0.3 is 14.6 Å². The molecule has 2 aromatic rings. The fourth-order valence-electron chi connectivity index (χ4n) is 1.70. The number of nitrogens with zero attached hydrogens (tertiary/aromatic N) is 2. The Kier molecular flexibility index (Phi) is 5.30. The van der Waals surface area contributed by atoms with E-state index in [1.54, 1.807) is 19.9 Å². The molecular formula is C14H16ClN3O3. The molecular weight excluding hydrogens is 294 g/mol.